The van der Waals surface area contributed by atoms with Gasteiger partial charge in [0.2, 0.25) is 5.82 Å². The molecule has 1 fully saturated rings. The second-order valence-electron chi connectivity index (χ2n) is 10.1. The third-order valence-corrected chi connectivity index (χ3v) is 7.08. The Morgan fingerprint density at radius 2 is 1.82 bits per heavy atom. The average molecular weight is 514 g/mol. The maximum Gasteiger partial charge on any atom is 0.331 e. The molecule has 1 aromatic heterocycles. The minimum atomic E-state index is -0.920. The predicted molar refractivity (Wildman–Crippen MR) is 143 cm³/mol. The number of ether oxygens (including phenoxy) is 2. The van der Waals surface area contributed by atoms with Gasteiger partial charge in [-0.15, -0.1) is 0 Å². The number of hydrogen-bond acceptors (Lipinski definition) is 7. The highest BCUT2D eigenvalue weighted by Crippen LogP contribution is 2.45. The topological polar surface area (TPSA) is 104 Å². The summed E-state index contributed by atoms with van der Waals surface area (Å²) in [5.74, 6) is 0.0798. The highest BCUT2D eigenvalue weighted by molar-refractivity contribution is 6.00. The van der Waals surface area contributed by atoms with Gasteiger partial charge in [-0.2, -0.15) is 4.98 Å². The molecule has 8 nitrogen and oxygen atoms in total. The lowest BCUT2D eigenvalue weighted by atomic mass is 9.71. The summed E-state index contributed by atoms with van der Waals surface area (Å²) >= 11 is 0. The Labute approximate surface area is 221 Å². The molecule has 1 heterocycles. The minimum Gasteiger partial charge on any atom is -0.464 e. The Balaban J connectivity index is 1.37. The highest BCUT2D eigenvalue weighted by atomic mass is 16.5. The second-order valence-corrected chi connectivity index (χ2v) is 10.1. The van der Waals surface area contributed by atoms with Crippen molar-refractivity contribution in [3.63, 3.8) is 0 Å². The molecule has 38 heavy (non-hydrogen) atoms. The summed E-state index contributed by atoms with van der Waals surface area (Å²) < 4.78 is 16.4. The maximum absolute atomic E-state index is 12.9. The fourth-order valence-electron chi connectivity index (χ4n) is 4.95. The molecule has 2 aliphatic rings. The van der Waals surface area contributed by atoms with E-state index in [9.17, 15) is 9.59 Å². The molecule has 1 saturated carbocycles. The van der Waals surface area contributed by atoms with Crippen molar-refractivity contribution in [3.8, 4) is 11.4 Å². The molecule has 1 atom stereocenters. The average Bonchev–Trinajstić information content (AvgIpc) is 3.54. The first-order chi connectivity index (χ1) is 18.4. The van der Waals surface area contributed by atoms with Gasteiger partial charge < -0.3 is 19.3 Å². The number of carbonyl (C=O) groups is 2. The molecule has 8 heteroatoms. The molecule has 1 amide bonds. The maximum atomic E-state index is 12.9. The third-order valence-electron chi connectivity index (χ3n) is 7.08. The molecule has 0 spiro atoms. The van der Waals surface area contributed by atoms with Crippen molar-refractivity contribution >= 4 is 23.0 Å². The van der Waals surface area contributed by atoms with Crippen LogP contribution in [0.2, 0.25) is 0 Å². The van der Waals surface area contributed by atoms with Gasteiger partial charge >= 0.3 is 5.97 Å². The van der Waals surface area contributed by atoms with Crippen molar-refractivity contribution in [2.45, 2.75) is 38.6 Å². The van der Waals surface area contributed by atoms with Crippen LogP contribution in [-0.4, -0.2) is 47.9 Å². The number of hydrogen-bond donors (Lipinski definition) is 1. The van der Waals surface area contributed by atoms with Crippen LogP contribution in [0.1, 0.15) is 54.9 Å². The number of aromatic nitrogens is 2. The van der Waals surface area contributed by atoms with E-state index in [4.69, 9.17) is 14.0 Å². The SMILES string of the molecule is CCOC(=O)C1(NC(=O)c2cccc(-c3noc(C4=CC=C(c5ccccc5)C(C)(COC)C4)n3)c2)CC1. The second kappa shape index (κ2) is 10.4. The summed E-state index contributed by atoms with van der Waals surface area (Å²) in [5.41, 5.74) is 3.12. The summed E-state index contributed by atoms with van der Waals surface area (Å²) in [6.07, 6.45) is 5.93. The number of nitrogens with zero attached hydrogens (tertiary/aromatic N) is 2. The lowest BCUT2D eigenvalue weighted by Gasteiger charge is -2.34. The third kappa shape index (κ3) is 5.04. The van der Waals surface area contributed by atoms with Gasteiger partial charge in [0.1, 0.15) is 5.54 Å². The molecule has 0 radical (unpaired) electrons. The summed E-state index contributed by atoms with van der Waals surface area (Å²) in [4.78, 5) is 29.8. The van der Waals surface area contributed by atoms with Crippen molar-refractivity contribution in [3.05, 3.63) is 83.8 Å². The molecule has 0 saturated heterocycles. The van der Waals surface area contributed by atoms with E-state index in [1.54, 1.807) is 32.2 Å². The summed E-state index contributed by atoms with van der Waals surface area (Å²) in [6, 6.07) is 17.2. The van der Waals surface area contributed by atoms with Gasteiger partial charge in [-0.05, 0) is 49.5 Å². The van der Waals surface area contributed by atoms with Crippen molar-refractivity contribution in [2.24, 2.45) is 5.41 Å². The molecule has 1 N–H and O–H groups in total. The molecule has 0 aliphatic heterocycles. The number of carbonyl (C=O) groups excluding carboxylic acids is 2. The van der Waals surface area contributed by atoms with Gasteiger partial charge in [0.15, 0.2) is 0 Å². The van der Waals surface area contributed by atoms with Crippen LogP contribution in [0.3, 0.4) is 0 Å². The predicted octanol–water partition coefficient (Wildman–Crippen LogP) is 5.09. The van der Waals surface area contributed by atoms with Crippen LogP contribution in [0.5, 0.6) is 0 Å². The molecule has 196 valence electrons. The molecular formula is C30H31N3O5. The van der Waals surface area contributed by atoms with E-state index in [0.717, 1.165) is 11.1 Å². The zero-order valence-corrected chi connectivity index (χ0v) is 21.8. The summed E-state index contributed by atoms with van der Waals surface area (Å²) in [6.45, 7) is 4.73. The van der Waals surface area contributed by atoms with Crippen molar-refractivity contribution in [2.75, 3.05) is 20.3 Å². The minimum absolute atomic E-state index is 0.273. The number of allylic oxidation sites excluding steroid dienone is 3. The molecule has 5 rings (SSSR count). The zero-order chi connectivity index (χ0) is 26.8. The van der Waals surface area contributed by atoms with Crippen LogP contribution in [0, 0.1) is 5.41 Å². The lowest BCUT2D eigenvalue weighted by Crippen LogP contribution is -2.44. The quantitative estimate of drug-likeness (QED) is 0.398. The van der Waals surface area contributed by atoms with Gasteiger partial charge in [0, 0.05) is 29.2 Å². The highest BCUT2D eigenvalue weighted by Gasteiger charge is 2.52. The first-order valence-corrected chi connectivity index (χ1v) is 12.8. The Kier molecular flexibility index (Phi) is 6.99. The molecule has 2 aromatic carbocycles. The Morgan fingerprint density at radius 3 is 2.53 bits per heavy atom. The van der Waals surface area contributed by atoms with Gasteiger partial charge in [-0.1, -0.05) is 66.7 Å². The van der Waals surface area contributed by atoms with E-state index >= 15 is 0 Å². The standard InChI is InChI=1S/C30H31N3O5/c1-4-37-28(35)30(15-16-30)32-26(34)22-12-8-11-21(17-22)25-31-27(38-33-25)23-13-14-24(20-9-6-5-7-10-20)29(2,18-23)19-36-3/h5-14,17H,4,15-16,18-19H2,1-3H3,(H,32,34). The summed E-state index contributed by atoms with van der Waals surface area (Å²) in [5, 5.41) is 7.03. The monoisotopic (exact) mass is 513 g/mol. The number of amides is 1. The van der Waals surface area contributed by atoms with Crippen LogP contribution in [0.4, 0.5) is 0 Å². The van der Waals surface area contributed by atoms with Crippen LogP contribution < -0.4 is 5.32 Å². The van der Waals surface area contributed by atoms with E-state index in [0.29, 0.717) is 48.7 Å². The largest absolute Gasteiger partial charge is 0.464 e. The molecule has 1 unspecified atom stereocenters. The van der Waals surface area contributed by atoms with Gasteiger partial charge in [0.25, 0.3) is 11.8 Å². The van der Waals surface area contributed by atoms with E-state index < -0.39 is 11.5 Å². The van der Waals surface area contributed by atoms with Crippen LogP contribution >= 0.6 is 0 Å². The number of rotatable bonds is 9. The Morgan fingerprint density at radius 1 is 1.05 bits per heavy atom. The smallest absolute Gasteiger partial charge is 0.331 e. The zero-order valence-electron chi connectivity index (χ0n) is 21.8. The van der Waals surface area contributed by atoms with E-state index in [1.807, 2.05) is 30.3 Å². The lowest BCUT2D eigenvalue weighted by molar-refractivity contribution is -0.146. The van der Waals surface area contributed by atoms with Crippen LogP contribution in [0.15, 0.2) is 71.3 Å². The fourth-order valence-corrected chi connectivity index (χ4v) is 4.95. The number of benzene rings is 2. The van der Waals surface area contributed by atoms with Gasteiger partial charge in [-0.3, -0.25) is 4.79 Å². The number of nitrogens with one attached hydrogen (secondary N) is 1. The van der Waals surface area contributed by atoms with E-state index in [1.165, 1.54) is 5.57 Å². The molecular weight excluding hydrogens is 482 g/mol. The first kappa shape index (κ1) is 25.6. The summed E-state index contributed by atoms with van der Waals surface area (Å²) in [7, 11) is 1.71. The Bertz CT molecular complexity index is 1400. The number of esters is 1. The normalized spacial score (nSPS) is 19.8. The fraction of sp³-hybridized carbons (Fsp3) is 0.333. The van der Waals surface area contributed by atoms with Crippen molar-refractivity contribution in [1.29, 1.82) is 0 Å². The van der Waals surface area contributed by atoms with Crippen LogP contribution in [0.25, 0.3) is 22.5 Å². The van der Waals surface area contributed by atoms with E-state index in [-0.39, 0.29) is 17.9 Å². The van der Waals surface area contributed by atoms with E-state index in [2.05, 4.69) is 40.6 Å². The molecule has 0 bridgehead atoms. The molecule has 3 aromatic rings. The first-order valence-electron chi connectivity index (χ1n) is 12.8. The van der Waals surface area contributed by atoms with Gasteiger partial charge in [0.05, 0.1) is 13.2 Å². The van der Waals surface area contributed by atoms with Crippen LogP contribution in [-0.2, 0) is 14.3 Å². The number of methoxy groups -OCH3 is 1. The van der Waals surface area contributed by atoms with Crippen molar-refractivity contribution in [1.82, 2.24) is 15.5 Å². The Hall–Kier alpha value is -4.04. The van der Waals surface area contributed by atoms with Crippen molar-refractivity contribution < 1.29 is 23.6 Å². The van der Waals surface area contributed by atoms with Gasteiger partial charge in [-0.25, -0.2) is 4.79 Å². The molecule has 2 aliphatic carbocycles.